The first-order chi connectivity index (χ1) is 8.31. The van der Waals surface area contributed by atoms with E-state index in [2.05, 4.69) is 10.3 Å². The molecule has 0 unspecified atom stereocenters. The Bertz CT molecular complexity index is 387. The van der Waals surface area contributed by atoms with Crippen molar-refractivity contribution in [1.82, 2.24) is 4.98 Å². The molecule has 1 N–H and O–H groups in total. The summed E-state index contributed by atoms with van der Waals surface area (Å²) < 4.78 is 5.11. The number of nitrogens with zero attached hydrogens (tertiary/aromatic N) is 1. The van der Waals surface area contributed by atoms with Gasteiger partial charge in [-0.25, -0.2) is 4.98 Å². The Morgan fingerprint density at radius 1 is 1.41 bits per heavy atom. The van der Waals surface area contributed by atoms with Crippen molar-refractivity contribution in [1.29, 1.82) is 0 Å². The van der Waals surface area contributed by atoms with Gasteiger partial charge >= 0.3 is 0 Å². The van der Waals surface area contributed by atoms with E-state index in [0.717, 1.165) is 25.7 Å². The van der Waals surface area contributed by atoms with Gasteiger partial charge in [0.2, 0.25) is 11.8 Å². The van der Waals surface area contributed by atoms with Gasteiger partial charge in [-0.15, -0.1) is 0 Å². The smallest absolute Gasteiger partial charge is 0.237 e. The van der Waals surface area contributed by atoms with E-state index in [-0.39, 0.29) is 11.8 Å². The second-order valence-electron chi connectivity index (χ2n) is 4.38. The summed E-state index contributed by atoms with van der Waals surface area (Å²) >= 11 is 0. The van der Waals surface area contributed by atoms with Crippen molar-refractivity contribution in [3.8, 4) is 5.88 Å². The van der Waals surface area contributed by atoms with Crippen molar-refractivity contribution < 1.29 is 9.53 Å². The van der Waals surface area contributed by atoms with E-state index in [1.54, 1.807) is 19.4 Å². The topological polar surface area (TPSA) is 51.2 Å². The molecule has 17 heavy (non-hydrogen) atoms. The quantitative estimate of drug-likeness (QED) is 0.874. The standard InChI is InChI=1S/C13H18N2O2/c1-17-13-11(8-5-9-14-13)15-12(16)10-6-3-2-4-7-10/h5,8-10H,2-4,6-7H2,1H3,(H,15,16). The fourth-order valence-corrected chi connectivity index (χ4v) is 2.25. The van der Waals surface area contributed by atoms with Gasteiger partial charge in [0.05, 0.1) is 7.11 Å². The van der Waals surface area contributed by atoms with Gasteiger partial charge in [-0.2, -0.15) is 0 Å². The maximum absolute atomic E-state index is 12.0. The normalized spacial score (nSPS) is 16.5. The van der Waals surface area contributed by atoms with Gasteiger partial charge in [0.15, 0.2) is 0 Å². The molecule has 1 aliphatic carbocycles. The second kappa shape index (κ2) is 5.66. The summed E-state index contributed by atoms with van der Waals surface area (Å²) in [4.78, 5) is 16.1. The Labute approximate surface area is 101 Å². The lowest BCUT2D eigenvalue weighted by Gasteiger charge is -2.21. The molecule has 2 rings (SSSR count). The Hall–Kier alpha value is -1.58. The third-order valence-corrected chi connectivity index (χ3v) is 3.20. The highest BCUT2D eigenvalue weighted by Crippen LogP contribution is 2.26. The van der Waals surface area contributed by atoms with E-state index in [4.69, 9.17) is 4.74 Å². The number of hydrogen-bond acceptors (Lipinski definition) is 3. The minimum Gasteiger partial charge on any atom is -0.480 e. The summed E-state index contributed by atoms with van der Waals surface area (Å²) in [7, 11) is 1.55. The zero-order valence-electron chi connectivity index (χ0n) is 10.1. The Morgan fingerprint density at radius 3 is 2.88 bits per heavy atom. The van der Waals surface area contributed by atoms with Crippen LogP contribution in [0.15, 0.2) is 18.3 Å². The van der Waals surface area contributed by atoms with E-state index < -0.39 is 0 Å². The maximum atomic E-state index is 12.0. The molecule has 1 saturated carbocycles. The molecular weight excluding hydrogens is 216 g/mol. The van der Waals surface area contributed by atoms with E-state index in [1.807, 2.05) is 6.07 Å². The van der Waals surface area contributed by atoms with Crippen molar-refractivity contribution >= 4 is 11.6 Å². The average molecular weight is 234 g/mol. The summed E-state index contributed by atoms with van der Waals surface area (Å²) in [6.45, 7) is 0. The predicted octanol–water partition coefficient (Wildman–Crippen LogP) is 2.61. The molecule has 0 spiro atoms. The molecule has 1 aromatic heterocycles. The monoisotopic (exact) mass is 234 g/mol. The van der Waals surface area contributed by atoms with Crippen LogP contribution in [0.25, 0.3) is 0 Å². The van der Waals surface area contributed by atoms with Crippen molar-refractivity contribution in [3.05, 3.63) is 18.3 Å². The molecule has 0 radical (unpaired) electrons. The third-order valence-electron chi connectivity index (χ3n) is 3.20. The summed E-state index contributed by atoms with van der Waals surface area (Å²) in [5.74, 6) is 0.710. The van der Waals surface area contributed by atoms with Crippen LogP contribution in [0, 0.1) is 5.92 Å². The Balaban J connectivity index is 2.01. The van der Waals surface area contributed by atoms with Crippen LogP contribution in [0.1, 0.15) is 32.1 Å². The van der Waals surface area contributed by atoms with Crippen LogP contribution in [0.5, 0.6) is 5.88 Å². The molecule has 1 aliphatic rings. The molecule has 1 heterocycles. The van der Waals surface area contributed by atoms with Gasteiger partial charge in [-0.05, 0) is 25.0 Å². The number of carbonyl (C=O) groups is 1. The van der Waals surface area contributed by atoms with Crippen molar-refractivity contribution in [2.75, 3.05) is 12.4 Å². The lowest BCUT2D eigenvalue weighted by Crippen LogP contribution is -2.25. The van der Waals surface area contributed by atoms with Gasteiger partial charge in [0.1, 0.15) is 5.69 Å². The number of anilines is 1. The van der Waals surface area contributed by atoms with Gasteiger partial charge in [0, 0.05) is 12.1 Å². The van der Waals surface area contributed by atoms with E-state index in [0.29, 0.717) is 11.6 Å². The van der Waals surface area contributed by atoms with Gasteiger partial charge in [-0.1, -0.05) is 19.3 Å². The van der Waals surface area contributed by atoms with Crippen molar-refractivity contribution in [3.63, 3.8) is 0 Å². The van der Waals surface area contributed by atoms with Crippen LogP contribution in [-0.4, -0.2) is 18.0 Å². The van der Waals surface area contributed by atoms with Gasteiger partial charge in [-0.3, -0.25) is 4.79 Å². The van der Waals surface area contributed by atoms with Crippen LogP contribution >= 0.6 is 0 Å². The second-order valence-corrected chi connectivity index (χ2v) is 4.38. The summed E-state index contributed by atoms with van der Waals surface area (Å²) in [5.41, 5.74) is 0.658. The SMILES string of the molecule is COc1ncccc1NC(=O)C1CCCCC1. The van der Waals surface area contributed by atoms with Gasteiger partial charge < -0.3 is 10.1 Å². The number of aromatic nitrogens is 1. The highest BCUT2D eigenvalue weighted by molar-refractivity contribution is 5.93. The molecule has 0 aromatic carbocycles. The molecule has 4 heteroatoms. The van der Waals surface area contributed by atoms with Crippen LogP contribution in [0.4, 0.5) is 5.69 Å². The molecule has 92 valence electrons. The first kappa shape index (κ1) is 11.9. The molecule has 4 nitrogen and oxygen atoms in total. The molecule has 1 amide bonds. The summed E-state index contributed by atoms with van der Waals surface area (Å²) in [6, 6.07) is 3.60. The van der Waals surface area contributed by atoms with Gasteiger partial charge in [0.25, 0.3) is 0 Å². The first-order valence-electron chi connectivity index (χ1n) is 6.11. The number of ether oxygens (including phenoxy) is 1. The summed E-state index contributed by atoms with van der Waals surface area (Å²) in [6.07, 6.45) is 7.20. The van der Waals surface area contributed by atoms with Crippen LogP contribution in [-0.2, 0) is 4.79 Å². The van der Waals surface area contributed by atoms with Crippen LogP contribution in [0.3, 0.4) is 0 Å². The molecule has 0 bridgehead atoms. The van der Waals surface area contributed by atoms with Crippen molar-refractivity contribution in [2.24, 2.45) is 5.92 Å². The Kier molecular flexibility index (Phi) is 3.96. The average Bonchev–Trinajstić information content (AvgIpc) is 2.40. The van der Waals surface area contributed by atoms with E-state index in [9.17, 15) is 4.79 Å². The van der Waals surface area contributed by atoms with Crippen LogP contribution < -0.4 is 10.1 Å². The third kappa shape index (κ3) is 2.96. The molecular formula is C13H18N2O2. The van der Waals surface area contributed by atoms with Crippen LogP contribution in [0.2, 0.25) is 0 Å². The number of hydrogen-bond donors (Lipinski definition) is 1. The minimum absolute atomic E-state index is 0.0935. The highest BCUT2D eigenvalue weighted by atomic mass is 16.5. The number of nitrogens with one attached hydrogen (secondary N) is 1. The zero-order chi connectivity index (χ0) is 12.1. The molecule has 0 aliphatic heterocycles. The predicted molar refractivity (Wildman–Crippen MR) is 66.0 cm³/mol. The number of pyridine rings is 1. The van der Waals surface area contributed by atoms with E-state index in [1.165, 1.54) is 6.42 Å². The molecule has 0 atom stereocenters. The fraction of sp³-hybridized carbons (Fsp3) is 0.538. The largest absolute Gasteiger partial charge is 0.480 e. The minimum atomic E-state index is 0.0935. The Morgan fingerprint density at radius 2 is 2.18 bits per heavy atom. The molecule has 1 fully saturated rings. The van der Waals surface area contributed by atoms with E-state index >= 15 is 0 Å². The lowest BCUT2D eigenvalue weighted by atomic mass is 9.88. The maximum Gasteiger partial charge on any atom is 0.237 e. The first-order valence-corrected chi connectivity index (χ1v) is 6.11. The number of carbonyl (C=O) groups excluding carboxylic acids is 1. The molecule has 0 saturated heterocycles. The molecule has 1 aromatic rings. The fourth-order valence-electron chi connectivity index (χ4n) is 2.25. The lowest BCUT2D eigenvalue weighted by molar-refractivity contribution is -0.120. The van der Waals surface area contributed by atoms with Crippen molar-refractivity contribution in [2.45, 2.75) is 32.1 Å². The number of methoxy groups -OCH3 is 1. The number of amides is 1. The number of rotatable bonds is 3. The summed E-state index contributed by atoms with van der Waals surface area (Å²) in [5, 5.41) is 2.90. The zero-order valence-corrected chi connectivity index (χ0v) is 10.1. The highest BCUT2D eigenvalue weighted by Gasteiger charge is 2.21.